The van der Waals surface area contributed by atoms with Gasteiger partial charge in [-0.05, 0) is 37.3 Å². The Labute approximate surface area is 164 Å². The highest BCUT2D eigenvalue weighted by molar-refractivity contribution is 6.39. The molecule has 4 rings (SSSR count). The van der Waals surface area contributed by atoms with Gasteiger partial charge in [0.05, 0.1) is 38.0 Å². The molecule has 0 saturated heterocycles. The first-order valence-corrected chi connectivity index (χ1v) is 8.79. The van der Waals surface area contributed by atoms with Crippen LogP contribution in [-0.4, -0.2) is 11.6 Å². The third-order valence-electron chi connectivity index (χ3n) is 4.21. The summed E-state index contributed by atoms with van der Waals surface area (Å²) < 4.78 is 5.50. The summed E-state index contributed by atoms with van der Waals surface area (Å²) in [6.07, 6.45) is 2.73. The molecule has 1 amide bonds. The van der Waals surface area contributed by atoms with Crippen molar-refractivity contribution in [2.45, 2.75) is 6.92 Å². The first-order valence-electron chi connectivity index (χ1n) is 8.03. The summed E-state index contributed by atoms with van der Waals surface area (Å²) in [6.45, 7) is 1.71. The van der Waals surface area contributed by atoms with Crippen LogP contribution in [0.5, 0.6) is 0 Å². The van der Waals surface area contributed by atoms with Crippen molar-refractivity contribution in [2.24, 2.45) is 5.10 Å². The standard InChI is InChI=1S/C20H12Cl2N2O3/c1-11-14(20(26)24(23-11)13-5-3-2-4-6-13)9-12-10-27-19-16(22)8-7-15(21)17(19)18(12)25/h2-10H,1H3/b14-9+. The molecule has 0 saturated carbocycles. The van der Waals surface area contributed by atoms with Crippen LogP contribution in [0.3, 0.4) is 0 Å². The summed E-state index contributed by atoms with van der Waals surface area (Å²) in [5.74, 6) is -0.324. The second kappa shape index (κ2) is 6.68. The second-order valence-electron chi connectivity index (χ2n) is 5.95. The summed E-state index contributed by atoms with van der Waals surface area (Å²) in [5, 5.41) is 6.29. The molecule has 0 N–H and O–H groups in total. The van der Waals surface area contributed by atoms with Gasteiger partial charge in [-0.2, -0.15) is 10.1 Å². The van der Waals surface area contributed by atoms with E-state index < -0.39 is 0 Å². The van der Waals surface area contributed by atoms with Crippen molar-refractivity contribution in [1.29, 1.82) is 0 Å². The van der Waals surface area contributed by atoms with Gasteiger partial charge >= 0.3 is 0 Å². The van der Waals surface area contributed by atoms with E-state index in [4.69, 9.17) is 27.6 Å². The number of anilines is 1. The summed E-state index contributed by atoms with van der Waals surface area (Å²) >= 11 is 12.2. The van der Waals surface area contributed by atoms with Gasteiger partial charge in [-0.1, -0.05) is 41.4 Å². The number of nitrogens with zero attached hydrogens (tertiary/aromatic N) is 2. The number of hydrogen-bond donors (Lipinski definition) is 0. The Balaban J connectivity index is 1.82. The molecule has 1 aliphatic heterocycles. The van der Waals surface area contributed by atoms with Gasteiger partial charge in [0.25, 0.3) is 5.91 Å². The van der Waals surface area contributed by atoms with Crippen LogP contribution in [0.4, 0.5) is 5.69 Å². The monoisotopic (exact) mass is 398 g/mol. The molecular weight excluding hydrogens is 387 g/mol. The molecule has 0 bridgehead atoms. The minimum Gasteiger partial charge on any atom is -0.462 e. The molecule has 0 atom stereocenters. The van der Waals surface area contributed by atoms with E-state index in [-0.39, 0.29) is 37.9 Å². The van der Waals surface area contributed by atoms with Crippen LogP contribution in [0.2, 0.25) is 10.0 Å². The lowest BCUT2D eigenvalue weighted by molar-refractivity contribution is -0.114. The lowest BCUT2D eigenvalue weighted by atomic mass is 10.1. The van der Waals surface area contributed by atoms with Crippen molar-refractivity contribution in [1.82, 2.24) is 0 Å². The van der Waals surface area contributed by atoms with E-state index in [2.05, 4.69) is 5.10 Å². The fourth-order valence-corrected chi connectivity index (χ4v) is 3.30. The highest BCUT2D eigenvalue weighted by Gasteiger charge is 2.29. The average molecular weight is 399 g/mol. The Morgan fingerprint density at radius 1 is 1.04 bits per heavy atom. The maximum Gasteiger partial charge on any atom is 0.280 e. The molecule has 5 nitrogen and oxygen atoms in total. The zero-order valence-electron chi connectivity index (χ0n) is 14.1. The van der Waals surface area contributed by atoms with Crippen molar-refractivity contribution in [3.8, 4) is 0 Å². The molecule has 1 aromatic heterocycles. The van der Waals surface area contributed by atoms with E-state index in [1.165, 1.54) is 23.4 Å². The van der Waals surface area contributed by atoms with Gasteiger partial charge in [-0.3, -0.25) is 9.59 Å². The highest BCUT2D eigenvalue weighted by Crippen LogP contribution is 2.29. The summed E-state index contributed by atoms with van der Waals surface area (Å²) in [5.41, 5.74) is 1.50. The van der Waals surface area contributed by atoms with Crippen LogP contribution < -0.4 is 10.4 Å². The molecule has 2 heterocycles. The van der Waals surface area contributed by atoms with Gasteiger partial charge in [-0.25, -0.2) is 0 Å². The maximum atomic E-state index is 12.8. The number of carbonyl (C=O) groups excluding carboxylic acids is 1. The summed E-state index contributed by atoms with van der Waals surface area (Å²) in [4.78, 5) is 25.6. The van der Waals surface area contributed by atoms with E-state index in [1.807, 2.05) is 18.2 Å². The Hall–Kier alpha value is -2.89. The van der Waals surface area contributed by atoms with Crippen molar-refractivity contribution in [3.05, 3.63) is 80.1 Å². The minimum atomic E-state index is -0.366. The average Bonchev–Trinajstić information content (AvgIpc) is 2.95. The van der Waals surface area contributed by atoms with Gasteiger partial charge in [0.15, 0.2) is 5.58 Å². The lowest BCUT2D eigenvalue weighted by Gasteiger charge is -2.11. The topological polar surface area (TPSA) is 62.9 Å². The Morgan fingerprint density at radius 2 is 1.74 bits per heavy atom. The number of para-hydroxylation sites is 1. The fourth-order valence-electron chi connectivity index (χ4n) is 2.86. The number of hydrogen-bond acceptors (Lipinski definition) is 4. The smallest absolute Gasteiger partial charge is 0.280 e. The van der Waals surface area contributed by atoms with E-state index in [9.17, 15) is 9.59 Å². The van der Waals surface area contributed by atoms with Crippen molar-refractivity contribution < 1.29 is 9.21 Å². The number of benzene rings is 2. The van der Waals surface area contributed by atoms with Crippen LogP contribution in [-0.2, 0) is 4.79 Å². The zero-order chi connectivity index (χ0) is 19.1. The van der Waals surface area contributed by atoms with Crippen LogP contribution in [0.15, 0.2) is 68.6 Å². The van der Waals surface area contributed by atoms with Gasteiger partial charge in [-0.15, -0.1) is 0 Å². The van der Waals surface area contributed by atoms with E-state index in [1.54, 1.807) is 25.1 Å². The van der Waals surface area contributed by atoms with Gasteiger partial charge in [0.2, 0.25) is 5.43 Å². The van der Waals surface area contributed by atoms with Crippen molar-refractivity contribution in [2.75, 3.05) is 5.01 Å². The van der Waals surface area contributed by atoms with Gasteiger partial charge in [0.1, 0.15) is 6.26 Å². The van der Waals surface area contributed by atoms with Gasteiger partial charge in [0, 0.05) is 0 Å². The maximum absolute atomic E-state index is 12.8. The quantitative estimate of drug-likeness (QED) is 0.576. The third kappa shape index (κ3) is 2.95. The number of fused-ring (bicyclic) bond motifs is 1. The predicted molar refractivity (Wildman–Crippen MR) is 108 cm³/mol. The Bertz CT molecular complexity index is 1200. The molecule has 27 heavy (non-hydrogen) atoms. The van der Waals surface area contributed by atoms with Crippen LogP contribution in [0, 0.1) is 0 Å². The van der Waals surface area contributed by atoms with E-state index >= 15 is 0 Å². The third-order valence-corrected chi connectivity index (χ3v) is 4.83. The van der Waals surface area contributed by atoms with Crippen molar-refractivity contribution in [3.63, 3.8) is 0 Å². The summed E-state index contributed by atoms with van der Waals surface area (Å²) in [7, 11) is 0. The number of hydrazone groups is 1. The minimum absolute atomic E-state index is 0.179. The van der Waals surface area contributed by atoms with Crippen LogP contribution >= 0.6 is 23.2 Å². The Kier molecular flexibility index (Phi) is 4.34. The molecule has 0 aliphatic carbocycles. The normalized spacial score (nSPS) is 15.7. The first-order chi connectivity index (χ1) is 13.0. The van der Waals surface area contributed by atoms with Crippen molar-refractivity contribution >= 4 is 57.6 Å². The molecule has 0 radical (unpaired) electrons. The molecule has 0 unspecified atom stereocenters. The van der Waals surface area contributed by atoms with Crippen LogP contribution in [0.1, 0.15) is 12.5 Å². The number of halogens is 2. The highest BCUT2D eigenvalue weighted by atomic mass is 35.5. The Morgan fingerprint density at radius 3 is 2.48 bits per heavy atom. The number of amides is 1. The van der Waals surface area contributed by atoms with Gasteiger partial charge < -0.3 is 4.42 Å². The molecule has 1 aliphatic rings. The fraction of sp³-hybridized carbons (Fsp3) is 0.0500. The summed E-state index contributed by atoms with van der Waals surface area (Å²) in [6, 6.07) is 12.1. The number of rotatable bonds is 2. The molecule has 0 spiro atoms. The lowest BCUT2D eigenvalue weighted by Crippen LogP contribution is -2.21. The first kappa shape index (κ1) is 17.5. The second-order valence-corrected chi connectivity index (χ2v) is 6.76. The molecular formula is C20H12Cl2N2O3. The molecule has 134 valence electrons. The van der Waals surface area contributed by atoms with E-state index in [0.717, 1.165) is 0 Å². The number of carbonyl (C=O) groups is 1. The van der Waals surface area contributed by atoms with Crippen LogP contribution in [0.25, 0.3) is 17.0 Å². The zero-order valence-corrected chi connectivity index (χ0v) is 15.6. The van der Waals surface area contributed by atoms with E-state index in [0.29, 0.717) is 17.0 Å². The largest absolute Gasteiger partial charge is 0.462 e. The molecule has 7 heteroatoms. The SMILES string of the molecule is CC1=NN(c2ccccc2)C(=O)/C1=C/c1coc2c(Cl)ccc(Cl)c2c1=O. The molecule has 3 aromatic rings. The molecule has 0 fully saturated rings. The molecule has 2 aromatic carbocycles. The predicted octanol–water partition coefficient (Wildman–Crippen LogP) is 4.91.